The maximum Gasteiger partial charge on any atom is 0.254 e. The predicted octanol–water partition coefficient (Wildman–Crippen LogP) is 3.51. The molecule has 196 valence electrons. The van der Waals surface area contributed by atoms with Crippen molar-refractivity contribution in [1.82, 2.24) is 14.9 Å². The molecular weight excluding hydrogens is 472 g/mol. The van der Waals surface area contributed by atoms with E-state index in [0.29, 0.717) is 62.1 Å². The minimum atomic E-state index is -0.0470. The summed E-state index contributed by atoms with van der Waals surface area (Å²) in [6.07, 6.45) is 0.668. The molecule has 9 heteroatoms. The van der Waals surface area contributed by atoms with Gasteiger partial charge in [-0.05, 0) is 36.8 Å². The van der Waals surface area contributed by atoms with Gasteiger partial charge in [0, 0.05) is 56.9 Å². The third-order valence-corrected chi connectivity index (χ3v) is 6.47. The number of nitrogens with zero attached hydrogens (tertiary/aromatic N) is 4. The quantitative estimate of drug-likeness (QED) is 0.436. The Morgan fingerprint density at radius 3 is 2.03 bits per heavy atom. The van der Waals surface area contributed by atoms with Crippen molar-refractivity contribution in [3.63, 3.8) is 0 Å². The van der Waals surface area contributed by atoms with E-state index in [1.54, 1.807) is 46.6 Å². The van der Waals surface area contributed by atoms with Crippen molar-refractivity contribution in [2.45, 2.75) is 20.0 Å². The minimum absolute atomic E-state index is 0.0470. The number of carbonyl (C=O) groups is 1. The lowest BCUT2D eigenvalue weighted by molar-refractivity contribution is 0.0745. The fraction of sp³-hybridized carbons (Fsp3) is 0.393. The van der Waals surface area contributed by atoms with Crippen LogP contribution >= 0.6 is 0 Å². The average molecular weight is 507 g/mol. The summed E-state index contributed by atoms with van der Waals surface area (Å²) < 4.78 is 21.5. The first kappa shape index (κ1) is 26.2. The molecule has 1 fully saturated rings. The molecule has 0 bridgehead atoms. The molecule has 9 nitrogen and oxygen atoms in total. The van der Waals surface area contributed by atoms with Gasteiger partial charge in [0.25, 0.3) is 5.91 Å². The highest BCUT2D eigenvalue weighted by Crippen LogP contribution is 2.28. The van der Waals surface area contributed by atoms with Crippen LogP contribution in [-0.4, -0.2) is 75.4 Å². The summed E-state index contributed by atoms with van der Waals surface area (Å²) in [7, 11) is 6.48. The summed E-state index contributed by atoms with van der Waals surface area (Å²) in [6.45, 7) is 4.76. The van der Waals surface area contributed by atoms with Crippen LogP contribution in [0.3, 0.4) is 0 Å². The Morgan fingerprint density at radius 1 is 0.838 bits per heavy atom. The molecule has 1 aliphatic rings. The Hall–Kier alpha value is -3.85. The first-order valence-corrected chi connectivity index (χ1v) is 12.2. The van der Waals surface area contributed by atoms with E-state index in [2.05, 4.69) is 22.0 Å². The fourth-order valence-electron chi connectivity index (χ4n) is 4.52. The largest absolute Gasteiger partial charge is 0.497 e. The molecule has 2 aromatic carbocycles. The first-order chi connectivity index (χ1) is 17.9. The first-order valence-electron chi connectivity index (χ1n) is 12.2. The van der Waals surface area contributed by atoms with Crippen LogP contribution in [0.1, 0.15) is 33.0 Å². The molecule has 0 atom stereocenters. The lowest BCUT2D eigenvalue weighted by Gasteiger charge is -2.36. The van der Waals surface area contributed by atoms with E-state index in [1.807, 2.05) is 24.0 Å². The third-order valence-electron chi connectivity index (χ3n) is 6.47. The van der Waals surface area contributed by atoms with E-state index in [0.717, 1.165) is 28.4 Å². The smallest absolute Gasteiger partial charge is 0.254 e. The topological polar surface area (TPSA) is 86.3 Å². The molecular formula is C28H34N4O5. The zero-order valence-electron chi connectivity index (χ0n) is 22.1. The number of rotatable bonds is 9. The second-order valence-corrected chi connectivity index (χ2v) is 8.86. The van der Waals surface area contributed by atoms with Gasteiger partial charge in [-0.2, -0.15) is 0 Å². The van der Waals surface area contributed by atoms with Gasteiger partial charge in [-0.3, -0.25) is 4.79 Å². The van der Waals surface area contributed by atoms with E-state index in [9.17, 15) is 4.79 Å². The zero-order chi connectivity index (χ0) is 26.4. The normalized spacial score (nSPS) is 13.4. The molecule has 3 aromatic rings. The maximum absolute atomic E-state index is 13.3. The number of amides is 1. The highest BCUT2D eigenvalue weighted by atomic mass is 16.5. The van der Waals surface area contributed by atoms with E-state index >= 15 is 0 Å². The number of anilines is 1. The number of aryl methyl sites for hydroxylation is 1. The van der Waals surface area contributed by atoms with Crippen LogP contribution in [0.25, 0.3) is 0 Å². The van der Waals surface area contributed by atoms with Gasteiger partial charge in [0.1, 0.15) is 28.9 Å². The number of carbonyl (C=O) groups excluding carboxylic acids is 1. The molecule has 1 amide bonds. The van der Waals surface area contributed by atoms with Crippen LogP contribution in [0.5, 0.6) is 17.2 Å². The van der Waals surface area contributed by atoms with Crippen LogP contribution < -0.4 is 19.1 Å². The van der Waals surface area contributed by atoms with Crippen molar-refractivity contribution in [1.29, 1.82) is 0 Å². The van der Waals surface area contributed by atoms with Crippen molar-refractivity contribution in [3.8, 4) is 17.2 Å². The van der Waals surface area contributed by atoms with E-state index in [-0.39, 0.29) is 5.91 Å². The monoisotopic (exact) mass is 506 g/mol. The number of methoxy groups -OCH3 is 4. The van der Waals surface area contributed by atoms with Gasteiger partial charge in [-0.25, -0.2) is 9.97 Å². The second-order valence-electron chi connectivity index (χ2n) is 8.86. The Labute approximate surface area is 217 Å². The Bertz CT molecular complexity index is 1200. The molecule has 0 N–H and O–H groups in total. The maximum atomic E-state index is 13.3. The van der Waals surface area contributed by atoms with Gasteiger partial charge in [0.15, 0.2) is 0 Å². The lowest BCUT2D eigenvalue weighted by Crippen LogP contribution is -2.49. The van der Waals surface area contributed by atoms with Crippen LogP contribution in [0, 0.1) is 6.92 Å². The summed E-state index contributed by atoms with van der Waals surface area (Å²) in [5.41, 5.74) is 3.59. The molecule has 4 rings (SSSR count). The lowest BCUT2D eigenvalue weighted by atomic mass is 10.0. The molecule has 2 heterocycles. The van der Waals surface area contributed by atoms with Crippen molar-refractivity contribution in [3.05, 3.63) is 70.7 Å². The SMILES string of the molecule is COCc1nc(C)nc(N2CCN(C(=O)c3cc(OC)cc(OC)c3)CC2)c1Cc1ccc(OC)cc1. The average Bonchev–Trinajstić information content (AvgIpc) is 2.94. The van der Waals surface area contributed by atoms with E-state index in [4.69, 9.17) is 23.9 Å². The van der Waals surface area contributed by atoms with Crippen LogP contribution in [-0.2, 0) is 17.8 Å². The van der Waals surface area contributed by atoms with E-state index in [1.165, 1.54) is 0 Å². The van der Waals surface area contributed by atoms with Crippen molar-refractivity contribution in [2.24, 2.45) is 0 Å². The Morgan fingerprint density at radius 2 is 1.46 bits per heavy atom. The molecule has 1 aromatic heterocycles. The van der Waals surface area contributed by atoms with Gasteiger partial charge >= 0.3 is 0 Å². The highest BCUT2D eigenvalue weighted by molar-refractivity contribution is 5.95. The molecule has 0 spiro atoms. The number of hydrogen-bond acceptors (Lipinski definition) is 8. The number of benzene rings is 2. The minimum Gasteiger partial charge on any atom is -0.497 e. The van der Waals surface area contributed by atoms with Gasteiger partial charge in [0.05, 0.1) is 33.6 Å². The van der Waals surface area contributed by atoms with Crippen LogP contribution in [0.2, 0.25) is 0 Å². The fourth-order valence-corrected chi connectivity index (χ4v) is 4.52. The summed E-state index contributed by atoms with van der Waals surface area (Å²) in [5, 5.41) is 0. The van der Waals surface area contributed by atoms with E-state index < -0.39 is 0 Å². The summed E-state index contributed by atoms with van der Waals surface area (Å²) in [6, 6.07) is 13.3. The summed E-state index contributed by atoms with van der Waals surface area (Å²) in [5.74, 6) is 3.54. The predicted molar refractivity (Wildman–Crippen MR) is 141 cm³/mol. The molecule has 0 unspecified atom stereocenters. The summed E-state index contributed by atoms with van der Waals surface area (Å²) in [4.78, 5) is 26.9. The van der Waals surface area contributed by atoms with Crippen LogP contribution in [0.4, 0.5) is 5.82 Å². The molecule has 37 heavy (non-hydrogen) atoms. The van der Waals surface area contributed by atoms with Gasteiger partial charge in [0.2, 0.25) is 0 Å². The van der Waals surface area contributed by atoms with Gasteiger partial charge in [-0.1, -0.05) is 12.1 Å². The van der Waals surface area contributed by atoms with Crippen molar-refractivity contribution in [2.75, 3.05) is 59.5 Å². The standard InChI is InChI=1S/C28H34N4O5/c1-19-29-26(18-34-2)25(14-20-6-8-22(35-3)9-7-20)27(30-19)31-10-12-32(13-11-31)28(33)21-15-23(36-4)17-24(16-21)37-5/h6-9,15-17H,10-14,18H2,1-5H3. The molecule has 0 radical (unpaired) electrons. The van der Waals surface area contributed by atoms with Crippen LogP contribution in [0.15, 0.2) is 42.5 Å². The zero-order valence-corrected chi connectivity index (χ0v) is 22.1. The molecule has 1 saturated heterocycles. The van der Waals surface area contributed by atoms with Gasteiger partial charge < -0.3 is 28.7 Å². The molecule has 0 saturated carbocycles. The van der Waals surface area contributed by atoms with Gasteiger partial charge in [-0.15, -0.1) is 0 Å². The second kappa shape index (κ2) is 11.9. The third kappa shape index (κ3) is 6.11. The number of ether oxygens (including phenoxy) is 4. The summed E-state index contributed by atoms with van der Waals surface area (Å²) >= 11 is 0. The molecule has 0 aliphatic carbocycles. The Kier molecular flexibility index (Phi) is 8.45. The Balaban J connectivity index is 1.56. The number of aromatic nitrogens is 2. The number of hydrogen-bond donors (Lipinski definition) is 0. The molecule has 1 aliphatic heterocycles. The number of piperazine rings is 1. The van der Waals surface area contributed by atoms with Crippen molar-refractivity contribution >= 4 is 11.7 Å². The van der Waals surface area contributed by atoms with Crippen molar-refractivity contribution < 1.29 is 23.7 Å². The highest BCUT2D eigenvalue weighted by Gasteiger charge is 2.26.